The van der Waals surface area contributed by atoms with E-state index >= 15 is 0 Å². The Hall–Kier alpha value is -1.39. The van der Waals surface area contributed by atoms with Gasteiger partial charge in [0.25, 0.3) is 0 Å². The second-order valence-electron chi connectivity index (χ2n) is 5.17. The lowest BCUT2D eigenvalue weighted by Crippen LogP contribution is -2.38. The van der Waals surface area contributed by atoms with Crippen LogP contribution in [0.5, 0.6) is 0 Å². The van der Waals surface area contributed by atoms with Gasteiger partial charge in [0.05, 0.1) is 18.6 Å². The van der Waals surface area contributed by atoms with E-state index in [0.717, 1.165) is 5.56 Å². The van der Waals surface area contributed by atoms with Gasteiger partial charge in [0.1, 0.15) is 0 Å². The molecule has 4 nitrogen and oxygen atoms in total. The Labute approximate surface area is 115 Å². The molecule has 1 amide bonds. The van der Waals surface area contributed by atoms with E-state index < -0.39 is 5.60 Å². The lowest BCUT2D eigenvalue weighted by molar-refractivity contribution is -0.137. The Morgan fingerprint density at radius 1 is 1.32 bits per heavy atom. The highest BCUT2D eigenvalue weighted by Crippen LogP contribution is 2.16. The quantitative estimate of drug-likeness (QED) is 0.818. The average Bonchev–Trinajstić information content (AvgIpc) is 2.39. The predicted octanol–water partition coefficient (Wildman–Crippen LogP) is 1.82. The Balaban J connectivity index is 2.69. The van der Waals surface area contributed by atoms with Gasteiger partial charge in [0.15, 0.2) is 0 Å². The van der Waals surface area contributed by atoms with Crippen molar-refractivity contribution >= 4 is 5.91 Å². The SMILES string of the molecule is COC(C)(C)CC(=O)N(CCO)Cc1ccccc1. The molecule has 0 atom stereocenters. The zero-order valence-corrected chi connectivity index (χ0v) is 11.9. The summed E-state index contributed by atoms with van der Waals surface area (Å²) >= 11 is 0. The van der Waals surface area contributed by atoms with Crippen molar-refractivity contribution in [2.45, 2.75) is 32.4 Å². The number of ether oxygens (including phenoxy) is 1. The minimum absolute atomic E-state index is 0.00949. The molecule has 0 unspecified atom stereocenters. The molecule has 19 heavy (non-hydrogen) atoms. The number of benzene rings is 1. The molecule has 1 aromatic rings. The van der Waals surface area contributed by atoms with Crippen molar-refractivity contribution in [2.24, 2.45) is 0 Å². The van der Waals surface area contributed by atoms with Crippen LogP contribution >= 0.6 is 0 Å². The molecule has 0 fully saturated rings. The Morgan fingerprint density at radius 2 is 1.95 bits per heavy atom. The molecule has 0 bridgehead atoms. The van der Waals surface area contributed by atoms with Crippen LogP contribution in [0.3, 0.4) is 0 Å². The molecule has 0 radical (unpaired) electrons. The van der Waals surface area contributed by atoms with Crippen LogP contribution in [0.15, 0.2) is 30.3 Å². The first-order valence-corrected chi connectivity index (χ1v) is 6.46. The largest absolute Gasteiger partial charge is 0.395 e. The Morgan fingerprint density at radius 3 is 2.47 bits per heavy atom. The van der Waals surface area contributed by atoms with Crippen molar-refractivity contribution in [3.05, 3.63) is 35.9 Å². The van der Waals surface area contributed by atoms with Gasteiger partial charge in [0, 0.05) is 20.2 Å². The summed E-state index contributed by atoms with van der Waals surface area (Å²) in [6, 6.07) is 9.76. The van der Waals surface area contributed by atoms with Crippen molar-refractivity contribution in [2.75, 3.05) is 20.3 Å². The van der Waals surface area contributed by atoms with Gasteiger partial charge in [-0.25, -0.2) is 0 Å². The van der Waals surface area contributed by atoms with Gasteiger partial charge in [-0.15, -0.1) is 0 Å². The number of methoxy groups -OCH3 is 1. The highest BCUT2D eigenvalue weighted by molar-refractivity contribution is 5.77. The van der Waals surface area contributed by atoms with Crippen molar-refractivity contribution in [3.8, 4) is 0 Å². The smallest absolute Gasteiger partial charge is 0.225 e. The molecule has 106 valence electrons. The summed E-state index contributed by atoms with van der Waals surface area (Å²) in [5, 5.41) is 9.09. The van der Waals surface area contributed by atoms with Gasteiger partial charge in [-0.2, -0.15) is 0 Å². The first-order chi connectivity index (χ1) is 8.98. The number of aliphatic hydroxyl groups excluding tert-OH is 1. The summed E-state index contributed by atoms with van der Waals surface area (Å²) in [5.41, 5.74) is 0.570. The fourth-order valence-corrected chi connectivity index (χ4v) is 1.76. The van der Waals surface area contributed by atoms with Crippen LogP contribution in [-0.2, 0) is 16.1 Å². The maximum Gasteiger partial charge on any atom is 0.225 e. The van der Waals surface area contributed by atoms with E-state index in [2.05, 4.69) is 0 Å². The zero-order valence-electron chi connectivity index (χ0n) is 11.9. The second kappa shape index (κ2) is 7.26. The van der Waals surface area contributed by atoms with Gasteiger partial charge in [0.2, 0.25) is 5.91 Å². The molecule has 0 aromatic heterocycles. The lowest BCUT2D eigenvalue weighted by atomic mass is 10.0. The van der Waals surface area contributed by atoms with Crippen LogP contribution in [0.1, 0.15) is 25.8 Å². The maximum absolute atomic E-state index is 12.2. The molecule has 1 rings (SSSR count). The van der Waals surface area contributed by atoms with Gasteiger partial charge in [-0.1, -0.05) is 30.3 Å². The molecule has 0 spiro atoms. The van der Waals surface area contributed by atoms with E-state index in [1.807, 2.05) is 44.2 Å². The highest BCUT2D eigenvalue weighted by Gasteiger charge is 2.24. The van der Waals surface area contributed by atoms with Gasteiger partial charge >= 0.3 is 0 Å². The molecule has 0 saturated carbocycles. The molecular formula is C15H23NO3. The molecule has 4 heteroatoms. The van der Waals surface area contributed by atoms with Crippen LogP contribution in [0.4, 0.5) is 0 Å². The summed E-state index contributed by atoms with van der Waals surface area (Å²) in [7, 11) is 1.60. The molecule has 0 heterocycles. The van der Waals surface area contributed by atoms with Crippen LogP contribution in [-0.4, -0.2) is 41.8 Å². The summed E-state index contributed by atoms with van der Waals surface area (Å²) in [6.45, 7) is 4.58. The number of aliphatic hydroxyl groups is 1. The number of nitrogens with zero attached hydrogens (tertiary/aromatic N) is 1. The topological polar surface area (TPSA) is 49.8 Å². The van der Waals surface area contributed by atoms with Crippen molar-refractivity contribution < 1.29 is 14.6 Å². The molecule has 0 saturated heterocycles. The van der Waals surface area contributed by atoms with Gasteiger partial charge in [-0.05, 0) is 19.4 Å². The first-order valence-electron chi connectivity index (χ1n) is 6.46. The molecule has 0 aliphatic carbocycles. The fourth-order valence-electron chi connectivity index (χ4n) is 1.76. The van der Waals surface area contributed by atoms with Gasteiger partial charge < -0.3 is 14.7 Å². The van der Waals surface area contributed by atoms with E-state index in [-0.39, 0.29) is 12.5 Å². The highest BCUT2D eigenvalue weighted by atomic mass is 16.5. The van der Waals surface area contributed by atoms with Crippen LogP contribution in [0.2, 0.25) is 0 Å². The van der Waals surface area contributed by atoms with Gasteiger partial charge in [-0.3, -0.25) is 4.79 Å². The normalized spacial score (nSPS) is 11.4. The maximum atomic E-state index is 12.2. The van der Waals surface area contributed by atoms with E-state index in [0.29, 0.717) is 19.5 Å². The lowest BCUT2D eigenvalue weighted by Gasteiger charge is -2.28. The van der Waals surface area contributed by atoms with E-state index in [4.69, 9.17) is 9.84 Å². The Bertz CT molecular complexity index is 390. The third kappa shape index (κ3) is 5.41. The molecular weight excluding hydrogens is 242 g/mol. The average molecular weight is 265 g/mol. The monoisotopic (exact) mass is 265 g/mol. The number of carbonyl (C=O) groups is 1. The third-order valence-electron chi connectivity index (χ3n) is 3.07. The van der Waals surface area contributed by atoms with E-state index in [1.54, 1.807) is 12.0 Å². The minimum Gasteiger partial charge on any atom is -0.395 e. The molecule has 1 aromatic carbocycles. The molecule has 1 N–H and O–H groups in total. The number of hydrogen-bond acceptors (Lipinski definition) is 3. The number of carbonyl (C=O) groups excluding carboxylic acids is 1. The second-order valence-corrected chi connectivity index (χ2v) is 5.17. The van der Waals surface area contributed by atoms with E-state index in [1.165, 1.54) is 0 Å². The summed E-state index contributed by atoms with van der Waals surface area (Å²) < 4.78 is 5.28. The van der Waals surface area contributed by atoms with E-state index in [9.17, 15) is 4.79 Å². The van der Waals surface area contributed by atoms with Crippen LogP contribution < -0.4 is 0 Å². The predicted molar refractivity (Wildman–Crippen MR) is 74.6 cm³/mol. The number of rotatable bonds is 7. The summed E-state index contributed by atoms with van der Waals surface area (Å²) in [4.78, 5) is 13.9. The standard InChI is InChI=1S/C15H23NO3/c1-15(2,19-3)11-14(18)16(9-10-17)12-13-7-5-4-6-8-13/h4-8,17H,9-12H2,1-3H3. The number of amides is 1. The summed E-state index contributed by atoms with van der Waals surface area (Å²) in [5.74, 6) is -0.00949. The van der Waals surface area contributed by atoms with Crippen LogP contribution in [0.25, 0.3) is 0 Å². The van der Waals surface area contributed by atoms with Crippen molar-refractivity contribution in [3.63, 3.8) is 0 Å². The number of hydrogen-bond donors (Lipinski definition) is 1. The Kier molecular flexibility index (Phi) is 5.99. The van der Waals surface area contributed by atoms with Crippen molar-refractivity contribution in [1.29, 1.82) is 0 Å². The third-order valence-corrected chi connectivity index (χ3v) is 3.07. The van der Waals surface area contributed by atoms with Crippen molar-refractivity contribution in [1.82, 2.24) is 4.90 Å². The molecule has 0 aliphatic rings. The minimum atomic E-state index is -0.485. The zero-order chi connectivity index (χ0) is 14.3. The van der Waals surface area contributed by atoms with Crippen LogP contribution in [0, 0.1) is 0 Å². The molecule has 0 aliphatic heterocycles. The fraction of sp³-hybridized carbons (Fsp3) is 0.533. The summed E-state index contributed by atoms with van der Waals surface area (Å²) in [6.07, 6.45) is 0.302. The first kappa shape index (κ1) is 15.7.